The molecule has 3 aliphatic rings. The molecule has 0 heterocycles. The van der Waals surface area contributed by atoms with Gasteiger partial charge in [-0.3, -0.25) is 4.79 Å². The van der Waals surface area contributed by atoms with Crippen LogP contribution in [0.25, 0.3) is 0 Å². The highest BCUT2D eigenvalue weighted by atomic mass is 16.7. The first kappa shape index (κ1) is 19.4. The van der Waals surface area contributed by atoms with E-state index in [1.165, 1.54) is 25.7 Å². The van der Waals surface area contributed by atoms with Crippen molar-refractivity contribution in [2.24, 2.45) is 35.0 Å². The third kappa shape index (κ3) is 3.20. The lowest BCUT2D eigenvalue weighted by Crippen LogP contribution is -2.46. The SMILES string of the molecule is CC[C@@H](C)C(C[C@@H]1CC[C@@H]2[C@H](CC[C@]3(C)C(=O)CC[C@@H]23)C1)(OC)OC. The predicted octanol–water partition coefficient (Wildman–Crippen LogP) is 5.22. The third-order valence-electron chi connectivity index (χ3n) is 8.47. The van der Waals surface area contributed by atoms with Crippen LogP contribution in [0.5, 0.6) is 0 Å². The highest BCUT2D eigenvalue weighted by Crippen LogP contribution is 2.58. The van der Waals surface area contributed by atoms with Crippen LogP contribution in [0.2, 0.25) is 0 Å². The molecule has 0 spiro atoms. The number of carbonyl (C=O) groups excluding carboxylic acids is 1. The van der Waals surface area contributed by atoms with E-state index in [0.29, 0.717) is 23.5 Å². The van der Waals surface area contributed by atoms with E-state index in [-0.39, 0.29) is 5.41 Å². The number of fused-ring (bicyclic) bond motifs is 3. The minimum Gasteiger partial charge on any atom is -0.353 e. The molecule has 3 rings (SSSR count). The zero-order valence-electron chi connectivity index (χ0n) is 17.0. The zero-order chi connectivity index (χ0) is 18.2. The van der Waals surface area contributed by atoms with Gasteiger partial charge >= 0.3 is 0 Å². The molecule has 0 saturated heterocycles. The number of ketones is 1. The number of ether oxygens (including phenoxy) is 2. The summed E-state index contributed by atoms with van der Waals surface area (Å²) in [6.45, 7) is 6.72. The van der Waals surface area contributed by atoms with Crippen LogP contribution in [-0.2, 0) is 14.3 Å². The highest BCUT2D eigenvalue weighted by Gasteiger charge is 2.54. The van der Waals surface area contributed by atoms with Crippen LogP contribution in [0.15, 0.2) is 0 Å². The van der Waals surface area contributed by atoms with E-state index in [9.17, 15) is 4.79 Å². The van der Waals surface area contributed by atoms with Gasteiger partial charge in [-0.25, -0.2) is 0 Å². The van der Waals surface area contributed by atoms with E-state index in [1.54, 1.807) is 14.2 Å². The zero-order valence-corrected chi connectivity index (χ0v) is 17.0. The largest absolute Gasteiger partial charge is 0.353 e. The average molecular weight is 351 g/mol. The Morgan fingerprint density at radius 1 is 1.20 bits per heavy atom. The first-order valence-electron chi connectivity index (χ1n) is 10.5. The van der Waals surface area contributed by atoms with Gasteiger partial charge in [-0.2, -0.15) is 0 Å². The van der Waals surface area contributed by atoms with Crippen molar-refractivity contribution >= 4 is 5.78 Å². The molecular weight excluding hydrogens is 312 g/mol. The Bertz CT molecular complexity index is 484. The smallest absolute Gasteiger partial charge is 0.170 e. The third-order valence-corrected chi connectivity index (χ3v) is 8.47. The van der Waals surface area contributed by atoms with Crippen molar-refractivity contribution in [2.75, 3.05) is 14.2 Å². The van der Waals surface area contributed by atoms with Crippen molar-refractivity contribution in [1.29, 1.82) is 0 Å². The van der Waals surface area contributed by atoms with Crippen LogP contribution in [0.4, 0.5) is 0 Å². The molecule has 0 aromatic carbocycles. The maximum Gasteiger partial charge on any atom is 0.170 e. The molecule has 3 saturated carbocycles. The van der Waals surface area contributed by atoms with Gasteiger partial charge in [0.05, 0.1) is 0 Å². The van der Waals surface area contributed by atoms with E-state index in [1.807, 2.05) is 0 Å². The summed E-state index contributed by atoms with van der Waals surface area (Å²) < 4.78 is 11.8. The van der Waals surface area contributed by atoms with E-state index in [0.717, 1.165) is 43.9 Å². The van der Waals surface area contributed by atoms with E-state index >= 15 is 0 Å². The summed E-state index contributed by atoms with van der Waals surface area (Å²) in [4.78, 5) is 12.4. The fraction of sp³-hybridized carbons (Fsp3) is 0.955. The quantitative estimate of drug-likeness (QED) is 0.616. The van der Waals surface area contributed by atoms with Gasteiger partial charge in [0.2, 0.25) is 0 Å². The van der Waals surface area contributed by atoms with Gasteiger partial charge in [0.15, 0.2) is 5.79 Å². The van der Waals surface area contributed by atoms with E-state index in [2.05, 4.69) is 20.8 Å². The molecule has 0 aromatic heterocycles. The van der Waals surface area contributed by atoms with Crippen molar-refractivity contribution in [3.8, 4) is 0 Å². The summed E-state index contributed by atoms with van der Waals surface area (Å²) in [5.41, 5.74) is 0.00749. The molecule has 144 valence electrons. The lowest BCUT2D eigenvalue weighted by Gasteiger charge is -2.50. The van der Waals surface area contributed by atoms with Gasteiger partial charge < -0.3 is 9.47 Å². The number of methoxy groups -OCH3 is 2. The van der Waals surface area contributed by atoms with Gasteiger partial charge in [-0.15, -0.1) is 0 Å². The molecule has 0 N–H and O–H groups in total. The summed E-state index contributed by atoms with van der Waals surface area (Å²) in [6, 6.07) is 0. The highest BCUT2D eigenvalue weighted by molar-refractivity contribution is 5.87. The molecule has 3 fully saturated rings. The Kier molecular flexibility index (Phi) is 5.66. The molecule has 3 aliphatic carbocycles. The topological polar surface area (TPSA) is 35.5 Å². The minimum atomic E-state index is -0.432. The second-order valence-corrected chi connectivity index (χ2v) is 9.36. The van der Waals surface area contributed by atoms with Crippen LogP contribution in [-0.4, -0.2) is 25.8 Å². The summed E-state index contributed by atoms with van der Waals surface area (Å²) in [5.74, 6) is 3.46. The van der Waals surface area contributed by atoms with Gasteiger partial charge in [0.25, 0.3) is 0 Å². The normalized spacial score (nSPS) is 39.8. The van der Waals surface area contributed by atoms with Crippen molar-refractivity contribution in [3.05, 3.63) is 0 Å². The van der Waals surface area contributed by atoms with Crippen LogP contribution in [0.1, 0.15) is 78.6 Å². The number of hydrogen-bond donors (Lipinski definition) is 0. The van der Waals surface area contributed by atoms with Gasteiger partial charge in [-0.1, -0.05) is 20.8 Å². The average Bonchev–Trinajstić information content (AvgIpc) is 2.94. The van der Waals surface area contributed by atoms with Crippen molar-refractivity contribution in [1.82, 2.24) is 0 Å². The summed E-state index contributed by atoms with van der Waals surface area (Å²) in [7, 11) is 3.61. The molecule has 0 unspecified atom stereocenters. The van der Waals surface area contributed by atoms with E-state index < -0.39 is 5.79 Å². The van der Waals surface area contributed by atoms with Crippen molar-refractivity contribution < 1.29 is 14.3 Å². The molecule has 0 amide bonds. The lowest BCUT2D eigenvalue weighted by atomic mass is 9.55. The first-order chi connectivity index (χ1) is 11.9. The maximum atomic E-state index is 12.4. The Morgan fingerprint density at radius 2 is 1.92 bits per heavy atom. The molecule has 6 atom stereocenters. The summed E-state index contributed by atoms with van der Waals surface area (Å²) >= 11 is 0. The van der Waals surface area contributed by atoms with Gasteiger partial charge in [0.1, 0.15) is 5.78 Å². The van der Waals surface area contributed by atoms with Gasteiger partial charge in [0, 0.05) is 38.4 Å². The Labute approximate surface area is 154 Å². The van der Waals surface area contributed by atoms with Crippen LogP contribution in [0.3, 0.4) is 0 Å². The molecule has 3 nitrogen and oxygen atoms in total. The van der Waals surface area contributed by atoms with Crippen molar-refractivity contribution in [2.45, 2.75) is 84.3 Å². The maximum absolute atomic E-state index is 12.4. The van der Waals surface area contributed by atoms with Crippen LogP contribution < -0.4 is 0 Å². The fourth-order valence-electron chi connectivity index (χ4n) is 6.59. The predicted molar refractivity (Wildman–Crippen MR) is 100 cm³/mol. The summed E-state index contributed by atoms with van der Waals surface area (Å²) in [6.07, 6.45) is 10.3. The molecule has 3 heteroatoms. The Morgan fingerprint density at radius 3 is 2.56 bits per heavy atom. The molecular formula is C22H38O3. The molecule has 0 bridgehead atoms. The van der Waals surface area contributed by atoms with Crippen molar-refractivity contribution in [3.63, 3.8) is 0 Å². The summed E-state index contributed by atoms with van der Waals surface area (Å²) in [5, 5.41) is 0. The fourth-order valence-corrected chi connectivity index (χ4v) is 6.59. The van der Waals surface area contributed by atoms with Gasteiger partial charge in [-0.05, 0) is 68.6 Å². The number of carbonyl (C=O) groups is 1. The second kappa shape index (κ2) is 7.31. The number of Topliss-reactive ketones (excluding diaryl/α,β-unsaturated/α-hetero) is 1. The monoisotopic (exact) mass is 350 g/mol. The Balaban J connectivity index is 1.67. The molecule has 0 aromatic rings. The molecule has 25 heavy (non-hydrogen) atoms. The molecule has 0 radical (unpaired) electrons. The lowest BCUT2D eigenvalue weighted by molar-refractivity contribution is -0.249. The second-order valence-electron chi connectivity index (χ2n) is 9.36. The molecule has 0 aliphatic heterocycles. The van der Waals surface area contributed by atoms with Crippen LogP contribution >= 0.6 is 0 Å². The minimum absolute atomic E-state index is 0.00749. The number of hydrogen-bond acceptors (Lipinski definition) is 3. The first-order valence-corrected chi connectivity index (χ1v) is 10.5. The Hall–Kier alpha value is -0.410. The van der Waals surface area contributed by atoms with Crippen LogP contribution in [0, 0.1) is 35.0 Å². The number of rotatable bonds is 6. The van der Waals surface area contributed by atoms with E-state index in [4.69, 9.17) is 9.47 Å². The standard InChI is InChI=1S/C22H38O3/c1-6-15(2)22(24-4,25-5)14-16-7-8-18-17(13-16)11-12-21(3)19(18)9-10-20(21)23/h15-19H,6-14H2,1-5H3/t15-,16-,17-,18-,19+,21+/m1/s1.